The maximum atomic E-state index is 13.1. The summed E-state index contributed by atoms with van der Waals surface area (Å²) in [5, 5.41) is 0. The summed E-state index contributed by atoms with van der Waals surface area (Å²) in [6.07, 6.45) is -0.486. The van der Waals surface area contributed by atoms with Crippen LogP contribution in [0, 0.1) is 12.7 Å². The molecule has 1 fully saturated rings. The van der Waals surface area contributed by atoms with E-state index >= 15 is 0 Å². The number of morpholine rings is 1. The van der Waals surface area contributed by atoms with E-state index in [1.54, 1.807) is 12.1 Å². The van der Waals surface area contributed by atoms with E-state index in [2.05, 4.69) is 4.72 Å². The van der Waals surface area contributed by atoms with Crippen LogP contribution in [0.4, 0.5) is 10.1 Å². The molecule has 1 aliphatic heterocycles. The molecule has 0 radical (unpaired) electrons. The summed E-state index contributed by atoms with van der Waals surface area (Å²) in [4.78, 5) is 13.5. The predicted molar refractivity (Wildman–Crippen MR) is 100 cm³/mol. The van der Waals surface area contributed by atoms with Crippen molar-refractivity contribution in [1.29, 1.82) is 0 Å². The van der Waals surface area contributed by atoms with Gasteiger partial charge in [0.1, 0.15) is 12.4 Å². The second-order valence-corrected chi connectivity index (χ2v) is 8.31. The molecule has 8 heteroatoms. The Bertz CT molecular complexity index is 898. The van der Waals surface area contributed by atoms with Gasteiger partial charge in [-0.2, -0.15) is 0 Å². The number of carbonyl (C=O) groups excluding carboxylic acids is 1. The van der Waals surface area contributed by atoms with Crippen LogP contribution in [0.15, 0.2) is 48.5 Å². The third-order valence-corrected chi connectivity index (χ3v) is 5.60. The smallest absolute Gasteiger partial charge is 0.253 e. The molecule has 1 atom stereocenters. The number of halogens is 1. The number of hydrogen-bond acceptors (Lipinski definition) is 4. The molecule has 6 nitrogen and oxygen atoms in total. The maximum absolute atomic E-state index is 13.1. The number of ether oxygens (including phenoxy) is 1. The van der Waals surface area contributed by atoms with Crippen LogP contribution >= 0.6 is 0 Å². The molecule has 1 saturated heterocycles. The summed E-state index contributed by atoms with van der Waals surface area (Å²) in [7, 11) is -3.53. The Balaban J connectivity index is 1.59. The van der Waals surface area contributed by atoms with E-state index in [0.717, 1.165) is 5.56 Å². The van der Waals surface area contributed by atoms with Gasteiger partial charge in [0, 0.05) is 12.2 Å². The van der Waals surface area contributed by atoms with Crippen LogP contribution in [0.5, 0.6) is 0 Å². The minimum atomic E-state index is -3.53. The predicted octanol–water partition coefficient (Wildman–Crippen LogP) is 1.99. The fourth-order valence-electron chi connectivity index (χ4n) is 2.79. The normalized spacial score (nSPS) is 17.9. The molecule has 1 heterocycles. The number of anilines is 1. The van der Waals surface area contributed by atoms with Gasteiger partial charge in [-0.15, -0.1) is 0 Å². The van der Waals surface area contributed by atoms with Crippen molar-refractivity contribution in [2.24, 2.45) is 0 Å². The second-order valence-electron chi connectivity index (χ2n) is 6.51. The van der Waals surface area contributed by atoms with Crippen LogP contribution in [0.3, 0.4) is 0 Å². The van der Waals surface area contributed by atoms with Gasteiger partial charge in [0.2, 0.25) is 10.0 Å². The van der Waals surface area contributed by atoms with Gasteiger partial charge in [-0.05, 0) is 36.8 Å². The number of hydrogen-bond donors (Lipinski definition) is 1. The topological polar surface area (TPSA) is 75.7 Å². The SMILES string of the molecule is Cc1ccc(CS(=O)(=O)NCC2CN(c3ccc(F)cc3)C(=O)CO2)cc1. The first-order valence-electron chi connectivity index (χ1n) is 8.53. The number of aryl methyl sites for hydroxylation is 1. The Morgan fingerprint density at radius 3 is 2.48 bits per heavy atom. The lowest BCUT2D eigenvalue weighted by Crippen LogP contribution is -2.50. The average molecular weight is 392 g/mol. The second kappa shape index (κ2) is 8.16. The van der Waals surface area contributed by atoms with Crippen LogP contribution in [0.2, 0.25) is 0 Å². The third-order valence-electron chi connectivity index (χ3n) is 4.28. The Hall–Kier alpha value is -2.29. The van der Waals surface area contributed by atoms with E-state index in [9.17, 15) is 17.6 Å². The lowest BCUT2D eigenvalue weighted by molar-refractivity contribution is -0.129. The van der Waals surface area contributed by atoms with Crippen molar-refractivity contribution in [3.63, 3.8) is 0 Å². The molecule has 3 rings (SSSR count). The summed E-state index contributed by atoms with van der Waals surface area (Å²) in [6.45, 7) is 2.03. The quantitative estimate of drug-likeness (QED) is 0.816. The summed E-state index contributed by atoms with van der Waals surface area (Å²) in [5.74, 6) is -0.763. The highest BCUT2D eigenvalue weighted by Gasteiger charge is 2.28. The number of rotatable bonds is 6. The highest BCUT2D eigenvalue weighted by molar-refractivity contribution is 7.88. The average Bonchev–Trinajstić information content (AvgIpc) is 2.64. The van der Waals surface area contributed by atoms with Crippen LogP contribution in [-0.4, -0.2) is 40.1 Å². The number of nitrogens with one attached hydrogen (secondary N) is 1. The van der Waals surface area contributed by atoms with E-state index < -0.39 is 16.1 Å². The molecule has 1 aliphatic rings. The van der Waals surface area contributed by atoms with Gasteiger partial charge in [0.05, 0.1) is 18.4 Å². The molecule has 1 amide bonds. The number of benzene rings is 2. The van der Waals surface area contributed by atoms with Gasteiger partial charge in [0.15, 0.2) is 0 Å². The first kappa shape index (κ1) is 19.5. The summed E-state index contributed by atoms with van der Waals surface area (Å²) in [5.41, 5.74) is 2.31. The van der Waals surface area contributed by atoms with Crippen molar-refractivity contribution in [3.8, 4) is 0 Å². The maximum Gasteiger partial charge on any atom is 0.253 e. The van der Waals surface area contributed by atoms with Gasteiger partial charge < -0.3 is 9.64 Å². The van der Waals surface area contributed by atoms with Crippen LogP contribution < -0.4 is 9.62 Å². The number of amides is 1. The minimum absolute atomic E-state index is 0.0547. The molecule has 0 aromatic heterocycles. The Kier molecular flexibility index (Phi) is 5.88. The first-order chi connectivity index (χ1) is 12.8. The molecule has 0 aliphatic carbocycles. The molecule has 0 saturated carbocycles. The van der Waals surface area contributed by atoms with Gasteiger partial charge >= 0.3 is 0 Å². The molecule has 2 aromatic carbocycles. The summed E-state index contributed by atoms with van der Waals surface area (Å²) >= 11 is 0. The van der Waals surface area contributed by atoms with Gasteiger partial charge in [-0.3, -0.25) is 4.79 Å². The molecular formula is C19H21FN2O4S. The molecule has 2 aromatic rings. The van der Waals surface area contributed by atoms with Crippen molar-refractivity contribution in [3.05, 3.63) is 65.5 Å². The van der Waals surface area contributed by atoms with Crippen LogP contribution in [-0.2, 0) is 25.3 Å². The van der Waals surface area contributed by atoms with Gasteiger partial charge in [-0.1, -0.05) is 29.8 Å². The van der Waals surface area contributed by atoms with Gasteiger partial charge in [0.25, 0.3) is 5.91 Å². The first-order valence-corrected chi connectivity index (χ1v) is 10.2. The summed E-state index contributed by atoms with van der Waals surface area (Å²) in [6, 6.07) is 12.9. The van der Waals surface area contributed by atoms with E-state index in [1.165, 1.54) is 29.2 Å². The molecule has 144 valence electrons. The Morgan fingerprint density at radius 2 is 1.81 bits per heavy atom. The summed E-state index contributed by atoms with van der Waals surface area (Å²) < 4.78 is 45.6. The van der Waals surface area contributed by atoms with Crippen LogP contribution in [0.1, 0.15) is 11.1 Å². The molecule has 27 heavy (non-hydrogen) atoms. The van der Waals surface area contributed by atoms with Crippen LogP contribution in [0.25, 0.3) is 0 Å². The van der Waals surface area contributed by atoms with E-state index in [0.29, 0.717) is 11.3 Å². The lowest BCUT2D eigenvalue weighted by atomic mass is 10.2. The van der Waals surface area contributed by atoms with Crippen molar-refractivity contribution in [2.45, 2.75) is 18.8 Å². The van der Waals surface area contributed by atoms with E-state index in [4.69, 9.17) is 4.74 Å². The molecule has 1 unspecified atom stereocenters. The number of nitrogens with zero attached hydrogens (tertiary/aromatic N) is 1. The fraction of sp³-hybridized carbons (Fsp3) is 0.316. The standard InChI is InChI=1S/C19H21FN2O4S/c1-14-2-4-15(5-3-14)13-27(24,25)21-10-18-11-22(19(23)12-26-18)17-8-6-16(20)7-9-17/h2-9,18,21H,10-13H2,1H3. The monoisotopic (exact) mass is 392 g/mol. The molecule has 0 spiro atoms. The highest BCUT2D eigenvalue weighted by Crippen LogP contribution is 2.19. The Labute approximate surface area is 158 Å². The third kappa shape index (κ3) is 5.35. The molecule has 0 bridgehead atoms. The van der Waals surface area contributed by atoms with Crippen molar-refractivity contribution in [2.75, 3.05) is 24.6 Å². The fourth-order valence-corrected chi connectivity index (χ4v) is 3.97. The largest absolute Gasteiger partial charge is 0.365 e. The van der Waals surface area contributed by atoms with Crippen molar-refractivity contribution < 1.29 is 22.3 Å². The highest BCUT2D eigenvalue weighted by atomic mass is 32.2. The lowest BCUT2D eigenvalue weighted by Gasteiger charge is -2.32. The minimum Gasteiger partial charge on any atom is -0.365 e. The zero-order valence-corrected chi connectivity index (χ0v) is 15.7. The van der Waals surface area contributed by atoms with E-state index in [-0.39, 0.29) is 37.2 Å². The Morgan fingerprint density at radius 1 is 1.15 bits per heavy atom. The number of sulfonamides is 1. The zero-order chi connectivity index (χ0) is 19.4. The van der Waals surface area contributed by atoms with Crippen molar-refractivity contribution >= 4 is 21.6 Å². The molecular weight excluding hydrogens is 371 g/mol. The zero-order valence-electron chi connectivity index (χ0n) is 14.9. The van der Waals surface area contributed by atoms with Crippen molar-refractivity contribution in [1.82, 2.24) is 4.72 Å². The van der Waals surface area contributed by atoms with Gasteiger partial charge in [-0.25, -0.2) is 17.5 Å². The number of carbonyl (C=O) groups is 1. The van der Waals surface area contributed by atoms with E-state index in [1.807, 2.05) is 19.1 Å². The molecule has 1 N–H and O–H groups in total.